The van der Waals surface area contributed by atoms with Gasteiger partial charge in [-0.15, -0.1) is 0 Å². The summed E-state index contributed by atoms with van der Waals surface area (Å²) < 4.78 is 4.82. The van der Waals surface area contributed by atoms with Gasteiger partial charge in [0.15, 0.2) is 0 Å². The van der Waals surface area contributed by atoms with Crippen LogP contribution in [0.4, 0.5) is 0 Å². The van der Waals surface area contributed by atoms with Gasteiger partial charge in [0.25, 0.3) is 0 Å². The van der Waals surface area contributed by atoms with Crippen molar-refractivity contribution in [2.75, 3.05) is 39.9 Å². The van der Waals surface area contributed by atoms with E-state index in [0.717, 1.165) is 25.9 Å². The van der Waals surface area contributed by atoms with Crippen LogP contribution in [0.15, 0.2) is 0 Å². The van der Waals surface area contributed by atoms with E-state index in [0.29, 0.717) is 26.1 Å². The smallest absolute Gasteiger partial charge is 0.236 e. The molecule has 0 spiro atoms. The zero-order chi connectivity index (χ0) is 12.5. The number of methoxy groups -OCH3 is 1. The standard InChI is InChI=1S/C12H24N2O3/c1-17-10-11(15)5-6-13-9-12(16)14-7-3-2-4-8-14/h11,13,15H,2-10H2,1H3. The van der Waals surface area contributed by atoms with Crippen LogP contribution in [0.5, 0.6) is 0 Å². The van der Waals surface area contributed by atoms with E-state index in [1.54, 1.807) is 7.11 Å². The molecule has 100 valence electrons. The summed E-state index contributed by atoms with van der Waals surface area (Å²) in [5, 5.41) is 12.5. The Hall–Kier alpha value is -0.650. The number of carbonyl (C=O) groups excluding carboxylic acids is 1. The monoisotopic (exact) mass is 244 g/mol. The molecule has 1 rings (SSSR count). The number of nitrogens with zero attached hydrogens (tertiary/aromatic N) is 1. The highest BCUT2D eigenvalue weighted by Gasteiger charge is 2.15. The van der Waals surface area contributed by atoms with Crippen LogP contribution < -0.4 is 5.32 Å². The van der Waals surface area contributed by atoms with Crippen molar-refractivity contribution < 1.29 is 14.6 Å². The number of ether oxygens (including phenoxy) is 1. The summed E-state index contributed by atoms with van der Waals surface area (Å²) in [7, 11) is 1.57. The van der Waals surface area contributed by atoms with Gasteiger partial charge in [-0.3, -0.25) is 4.79 Å². The molecule has 17 heavy (non-hydrogen) atoms. The van der Waals surface area contributed by atoms with Crippen molar-refractivity contribution >= 4 is 5.91 Å². The molecule has 5 nitrogen and oxygen atoms in total. The van der Waals surface area contributed by atoms with Crippen LogP contribution in [-0.2, 0) is 9.53 Å². The summed E-state index contributed by atoms with van der Waals surface area (Å²) in [5.74, 6) is 0.172. The number of aliphatic hydroxyl groups is 1. The Bertz CT molecular complexity index is 218. The average Bonchev–Trinajstić information content (AvgIpc) is 2.36. The number of hydrogen-bond acceptors (Lipinski definition) is 4. The molecule has 0 radical (unpaired) electrons. The topological polar surface area (TPSA) is 61.8 Å². The van der Waals surface area contributed by atoms with E-state index in [-0.39, 0.29) is 5.91 Å². The maximum Gasteiger partial charge on any atom is 0.236 e. The summed E-state index contributed by atoms with van der Waals surface area (Å²) in [6, 6.07) is 0. The highest BCUT2D eigenvalue weighted by atomic mass is 16.5. The van der Waals surface area contributed by atoms with Crippen LogP contribution in [-0.4, -0.2) is 61.9 Å². The quantitative estimate of drug-likeness (QED) is 0.618. The Balaban J connectivity index is 2.03. The predicted molar refractivity (Wildman–Crippen MR) is 65.8 cm³/mol. The van der Waals surface area contributed by atoms with Gasteiger partial charge in [0.1, 0.15) is 0 Å². The van der Waals surface area contributed by atoms with Crippen molar-refractivity contribution in [1.29, 1.82) is 0 Å². The van der Waals surface area contributed by atoms with Crippen LogP contribution in [0.2, 0.25) is 0 Å². The van der Waals surface area contributed by atoms with Crippen LogP contribution in [0.1, 0.15) is 25.7 Å². The Morgan fingerprint density at radius 1 is 1.41 bits per heavy atom. The van der Waals surface area contributed by atoms with E-state index < -0.39 is 6.10 Å². The van der Waals surface area contributed by atoms with Crippen LogP contribution in [0.3, 0.4) is 0 Å². The van der Waals surface area contributed by atoms with Gasteiger partial charge < -0.3 is 20.1 Å². The Labute approximate surface area is 103 Å². The molecule has 1 aliphatic rings. The molecule has 1 unspecified atom stereocenters. The Kier molecular flexibility index (Phi) is 7.16. The van der Waals surface area contributed by atoms with E-state index in [1.165, 1.54) is 6.42 Å². The van der Waals surface area contributed by atoms with Crippen LogP contribution in [0.25, 0.3) is 0 Å². The van der Waals surface area contributed by atoms with Crippen molar-refractivity contribution in [3.8, 4) is 0 Å². The number of piperidine rings is 1. The molecule has 1 amide bonds. The van der Waals surface area contributed by atoms with E-state index in [9.17, 15) is 9.90 Å². The third-order valence-corrected chi connectivity index (χ3v) is 3.00. The highest BCUT2D eigenvalue weighted by molar-refractivity contribution is 5.78. The highest BCUT2D eigenvalue weighted by Crippen LogP contribution is 2.08. The lowest BCUT2D eigenvalue weighted by atomic mass is 10.1. The van der Waals surface area contributed by atoms with Crippen molar-refractivity contribution in [1.82, 2.24) is 10.2 Å². The van der Waals surface area contributed by atoms with Gasteiger partial charge in [0.05, 0.1) is 19.3 Å². The van der Waals surface area contributed by atoms with Crippen molar-refractivity contribution in [3.63, 3.8) is 0 Å². The molecule has 1 fully saturated rings. The first kappa shape index (κ1) is 14.4. The first-order valence-electron chi connectivity index (χ1n) is 6.39. The average molecular weight is 244 g/mol. The van der Waals surface area contributed by atoms with Gasteiger partial charge in [-0.25, -0.2) is 0 Å². The fourth-order valence-corrected chi connectivity index (χ4v) is 1.99. The molecule has 5 heteroatoms. The lowest BCUT2D eigenvalue weighted by Crippen LogP contribution is -2.41. The van der Waals surface area contributed by atoms with Crippen molar-refractivity contribution in [2.45, 2.75) is 31.8 Å². The van der Waals surface area contributed by atoms with E-state index in [1.807, 2.05) is 4.90 Å². The van der Waals surface area contributed by atoms with E-state index >= 15 is 0 Å². The minimum atomic E-state index is -0.447. The summed E-state index contributed by atoms with van der Waals surface area (Å²) in [4.78, 5) is 13.7. The van der Waals surface area contributed by atoms with Gasteiger partial charge in [-0.05, 0) is 32.2 Å². The zero-order valence-electron chi connectivity index (χ0n) is 10.7. The molecule has 1 atom stereocenters. The minimum Gasteiger partial charge on any atom is -0.391 e. The lowest BCUT2D eigenvalue weighted by Gasteiger charge is -2.26. The molecule has 1 heterocycles. The van der Waals surface area contributed by atoms with Crippen LogP contribution in [0, 0.1) is 0 Å². The molecular weight excluding hydrogens is 220 g/mol. The number of amides is 1. The van der Waals surface area contributed by atoms with Crippen molar-refractivity contribution in [2.24, 2.45) is 0 Å². The second-order valence-electron chi connectivity index (χ2n) is 4.52. The van der Waals surface area contributed by atoms with Crippen molar-refractivity contribution in [3.05, 3.63) is 0 Å². The van der Waals surface area contributed by atoms with E-state index in [4.69, 9.17) is 4.74 Å². The van der Waals surface area contributed by atoms with Gasteiger partial charge >= 0.3 is 0 Å². The number of hydrogen-bond donors (Lipinski definition) is 2. The summed E-state index contributed by atoms with van der Waals surface area (Å²) >= 11 is 0. The molecule has 2 N–H and O–H groups in total. The van der Waals surface area contributed by atoms with Gasteiger partial charge in [-0.2, -0.15) is 0 Å². The summed E-state index contributed by atoms with van der Waals surface area (Å²) in [6.07, 6.45) is 3.65. The first-order chi connectivity index (χ1) is 8.24. The Morgan fingerprint density at radius 3 is 2.76 bits per heavy atom. The fourth-order valence-electron chi connectivity index (χ4n) is 1.99. The number of nitrogens with one attached hydrogen (secondary N) is 1. The second kappa shape index (κ2) is 8.44. The molecule has 1 aliphatic heterocycles. The zero-order valence-corrected chi connectivity index (χ0v) is 10.7. The molecule has 0 aromatic heterocycles. The largest absolute Gasteiger partial charge is 0.391 e. The molecular formula is C12H24N2O3. The number of likely N-dealkylation sites (tertiary alicyclic amines) is 1. The molecule has 0 saturated carbocycles. The molecule has 0 aromatic rings. The number of rotatable bonds is 7. The normalized spacial score (nSPS) is 18.1. The van der Waals surface area contributed by atoms with Gasteiger partial charge in [-0.1, -0.05) is 0 Å². The van der Waals surface area contributed by atoms with Gasteiger partial charge in [0.2, 0.25) is 5.91 Å². The maximum atomic E-state index is 11.7. The van der Waals surface area contributed by atoms with E-state index in [2.05, 4.69) is 5.32 Å². The maximum absolute atomic E-state index is 11.7. The fraction of sp³-hybridized carbons (Fsp3) is 0.917. The lowest BCUT2D eigenvalue weighted by molar-refractivity contribution is -0.131. The summed E-state index contributed by atoms with van der Waals surface area (Å²) in [6.45, 7) is 3.16. The first-order valence-corrected chi connectivity index (χ1v) is 6.39. The third-order valence-electron chi connectivity index (χ3n) is 3.00. The molecule has 0 aliphatic carbocycles. The van der Waals surface area contributed by atoms with Gasteiger partial charge in [0, 0.05) is 20.2 Å². The summed E-state index contributed by atoms with van der Waals surface area (Å²) in [5.41, 5.74) is 0. The van der Waals surface area contributed by atoms with Crippen LogP contribution >= 0.6 is 0 Å². The molecule has 1 saturated heterocycles. The molecule has 0 aromatic carbocycles. The second-order valence-corrected chi connectivity index (χ2v) is 4.52. The minimum absolute atomic E-state index is 0.172. The SMILES string of the molecule is COCC(O)CCNCC(=O)N1CCCCC1. The predicted octanol–water partition coefficient (Wildman–Crippen LogP) is -0.0141. The number of carbonyl (C=O) groups is 1. The third kappa shape index (κ3) is 6.00. The Morgan fingerprint density at radius 2 is 2.12 bits per heavy atom. The number of aliphatic hydroxyl groups excluding tert-OH is 1. The molecule has 0 bridgehead atoms.